The molecule has 0 radical (unpaired) electrons. The van der Waals surface area contributed by atoms with E-state index in [0.717, 1.165) is 32.4 Å². The molecule has 0 aliphatic carbocycles. The van der Waals surface area contributed by atoms with E-state index in [1.807, 2.05) is 11.8 Å². The summed E-state index contributed by atoms with van der Waals surface area (Å²) in [5.74, 6) is 0.596. The third-order valence-electron chi connectivity index (χ3n) is 2.81. The number of amides is 1. The molecule has 0 aromatic heterocycles. The molecule has 1 aliphatic heterocycles. The number of hydrogen-bond acceptors (Lipinski definition) is 2. The third-order valence-corrected chi connectivity index (χ3v) is 3.85. The maximum Gasteiger partial charge on any atom is 0.236 e. The molecule has 1 aliphatic rings. The lowest BCUT2D eigenvalue weighted by atomic mass is 9.97. The van der Waals surface area contributed by atoms with E-state index in [1.54, 1.807) is 0 Å². The average Bonchev–Trinajstić information content (AvgIpc) is 2.27. The zero-order valence-corrected chi connectivity index (χ0v) is 10.2. The van der Waals surface area contributed by atoms with Crippen LogP contribution in [-0.4, -0.2) is 40.4 Å². The number of carbonyl (C=O) groups is 1. The van der Waals surface area contributed by atoms with Crippen molar-refractivity contribution < 1.29 is 9.90 Å². The van der Waals surface area contributed by atoms with Crippen LogP contribution in [0.25, 0.3) is 0 Å². The number of rotatable bonds is 3. The number of nitrogens with zero attached hydrogens (tertiary/aromatic N) is 1. The Morgan fingerprint density at radius 2 is 2.14 bits per heavy atom. The van der Waals surface area contributed by atoms with Crippen LogP contribution in [-0.2, 0) is 4.79 Å². The lowest BCUT2D eigenvalue weighted by Crippen LogP contribution is -2.42. The van der Waals surface area contributed by atoms with Gasteiger partial charge in [0.15, 0.2) is 0 Å². The number of carbonyl (C=O) groups excluding carboxylic acids is 1. The molecule has 0 aromatic rings. The summed E-state index contributed by atoms with van der Waals surface area (Å²) < 4.78 is 0. The highest BCUT2D eigenvalue weighted by molar-refractivity contribution is 9.10. The molecular formula is C10H18BrNO2. The van der Waals surface area contributed by atoms with Crippen LogP contribution in [0.5, 0.6) is 0 Å². The van der Waals surface area contributed by atoms with Gasteiger partial charge in [-0.25, -0.2) is 0 Å². The Morgan fingerprint density at radius 1 is 1.57 bits per heavy atom. The average molecular weight is 264 g/mol. The van der Waals surface area contributed by atoms with Gasteiger partial charge in [0.2, 0.25) is 5.91 Å². The van der Waals surface area contributed by atoms with Crippen LogP contribution in [0.1, 0.15) is 26.2 Å². The molecule has 0 aromatic carbocycles. The van der Waals surface area contributed by atoms with Crippen LogP contribution < -0.4 is 0 Å². The number of likely N-dealkylation sites (tertiary alicyclic amines) is 1. The zero-order chi connectivity index (χ0) is 10.6. The van der Waals surface area contributed by atoms with Crippen molar-refractivity contribution >= 4 is 21.8 Å². The first-order valence-electron chi connectivity index (χ1n) is 5.22. The molecule has 14 heavy (non-hydrogen) atoms. The molecule has 0 spiro atoms. The number of piperidine rings is 1. The minimum Gasteiger partial charge on any atom is -0.396 e. The number of aliphatic hydroxyl groups excluding tert-OH is 1. The lowest BCUT2D eigenvalue weighted by molar-refractivity contribution is -0.132. The highest BCUT2D eigenvalue weighted by Crippen LogP contribution is 2.19. The van der Waals surface area contributed by atoms with Crippen LogP contribution in [0.15, 0.2) is 0 Å². The molecule has 1 rings (SSSR count). The van der Waals surface area contributed by atoms with Gasteiger partial charge in [-0.05, 0) is 25.2 Å². The summed E-state index contributed by atoms with van der Waals surface area (Å²) in [5.41, 5.74) is 0. The van der Waals surface area contributed by atoms with Crippen LogP contribution in [0.4, 0.5) is 0 Å². The number of hydrogen-bond donors (Lipinski definition) is 1. The smallest absolute Gasteiger partial charge is 0.236 e. The fourth-order valence-electron chi connectivity index (χ4n) is 1.71. The molecule has 1 fully saturated rings. The summed E-state index contributed by atoms with van der Waals surface area (Å²) in [6.45, 7) is 3.85. The monoisotopic (exact) mass is 263 g/mol. The molecule has 1 saturated heterocycles. The number of halogens is 1. The summed E-state index contributed by atoms with van der Waals surface area (Å²) in [5, 5.41) is 8.96. The predicted octanol–water partition coefficient (Wildman–Crippen LogP) is 1.39. The summed E-state index contributed by atoms with van der Waals surface area (Å²) in [4.78, 5) is 13.6. The van der Waals surface area contributed by atoms with Crippen molar-refractivity contribution in [3.8, 4) is 0 Å². The van der Waals surface area contributed by atoms with Crippen molar-refractivity contribution in [1.29, 1.82) is 0 Å². The Hall–Kier alpha value is -0.0900. The van der Waals surface area contributed by atoms with Gasteiger partial charge in [0.1, 0.15) is 0 Å². The van der Waals surface area contributed by atoms with Crippen molar-refractivity contribution in [1.82, 2.24) is 4.90 Å². The van der Waals surface area contributed by atoms with Gasteiger partial charge in [-0.1, -0.05) is 22.9 Å². The highest BCUT2D eigenvalue weighted by Gasteiger charge is 2.25. The summed E-state index contributed by atoms with van der Waals surface area (Å²) in [6.07, 6.45) is 2.70. The van der Waals surface area contributed by atoms with Gasteiger partial charge in [0, 0.05) is 19.7 Å². The SMILES string of the molecule is CCC(Br)C(=O)N1CCC(CO)CC1. The quantitative estimate of drug-likeness (QED) is 0.782. The summed E-state index contributed by atoms with van der Waals surface area (Å²) >= 11 is 3.37. The van der Waals surface area contributed by atoms with Gasteiger partial charge >= 0.3 is 0 Å². The van der Waals surface area contributed by atoms with E-state index < -0.39 is 0 Å². The lowest BCUT2D eigenvalue weighted by Gasteiger charge is -2.32. The first-order chi connectivity index (χ1) is 6.69. The van der Waals surface area contributed by atoms with Gasteiger partial charge in [-0.15, -0.1) is 0 Å². The summed E-state index contributed by atoms with van der Waals surface area (Å²) in [6, 6.07) is 0. The maximum absolute atomic E-state index is 11.7. The van der Waals surface area contributed by atoms with Crippen LogP contribution >= 0.6 is 15.9 Å². The molecule has 1 unspecified atom stereocenters. The van der Waals surface area contributed by atoms with Crippen molar-refractivity contribution in [2.24, 2.45) is 5.92 Å². The van der Waals surface area contributed by atoms with Crippen LogP contribution in [0, 0.1) is 5.92 Å². The van der Waals surface area contributed by atoms with Crippen molar-refractivity contribution in [3.63, 3.8) is 0 Å². The fourth-order valence-corrected chi connectivity index (χ4v) is 2.00. The van der Waals surface area contributed by atoms with Gasteiger partial charge in [0.05, 0.1) is 4.83 Å². The zero-order valence-electron chi connectivity index (χ0n) is 8.58. The minimum atomic E-state index is -0.0341. The molecule has 4 heteroatoms. The standard InChI is InChI=1S/C10H18BrNO2/c1-2-9(11)10(14)12-5-3-8(7-13)4-6-12/h8-9,13H,2-7H2,1H3. The molecule has 0 bridgehead atoms. The van der Waals surface area contributed by atoms with Gasteiger partial charge < -0.3 is 10.0 Å². The Morgan fingerprint density at radius 3 is 2.57 bits per heavy atom. The number of aliphatic hydroxyl groups is 1. The first kappa shape index (κ1) is 12.0. The molecule has 0 saturated carbocycles. The van der Waals surface area contributed by atoms with E-state index in [2.05, 4.69) is 15.9 Å². The van der Waals surface area contributed by atoms with E-state index in [4.69, 9.17) is 5.11 Å². The van der Waals surface area contributed by atoms with Crippen LogP contribution in [0.3, 0.4) is 0 Å². The predicted molar refractivity (Wildman–Crippen MR) is 59.4 cm³/mol. The minimum absolute atomic E-state index is 0.0341. The maximum atomic E-state index is 11.7. The van der Waals surface area contributed by atoms with Crippen molar-refractivity contribution in [2.45, 2.75) is 31.0 Å². The van der Waals surface area contributed by atoms with Gasteiger partial charge in [0.25, 0.3) is 0 Å². The van der Waals surface area contributed by atoms with Gasteiger partial charge in [-0.2, -0.15) is 0 Å². The Kier molecular flexibility index (Phi) is 4.89. The van der Waals surface area contributed by atoms with E-state index in [9.17, 15) is 4.79 Å². The molecule has 3 nitrogen and oxygen atoms in total. The highest BCUT2D eigenvalue weighted by atomic mass is 79.9. The largest absolute Gasteiger partial charge is 0.396 e. The van der Waals surface area contributed by atoms with Crippen LogP contribution in [0.2, 0.25) is 0 Å². The van der Waals surface area contributed by atoms with E-state index in [-0.39, 0.29) is 17.3 Å². The Labute approximate surface area is 93.6 Å². The Balaban J connectivity index is 2.37. The Bertz CT molecular complexity index is 191. The van der Waals surface area contributed by atoms with E-state index in [1.165, 1.54) is 0 Å². The second kappa shape index (κ2) is 5.71. The molecule has 1 amide bonds. The summed E-state index contributed by atoms with van der Waals surface area (Å²) in [7, 11) is 0. The molecule has 1 N–H and O–H groups in total. The molecular weight excluding hydrogens is 246 g/mol. The number of alkyl halides is 1. The normalized spacial score (nSPS) is 20.9. The fraction of sp³-hybridized carbons (Fsp3) is 0.900. The van der Waals surface area contributed by atoms with Gasteiger partial charge in [-0.3, -0.25) is 4.79 Å². The second-order valence-electron chi connectivity index (χ2n) is 3.83. The van der Waals surface area contributed by atoms with Crippen molar-refractivity contribution in [2.75, 3.05) is 19.7 Å². The first-order valence-corrected chi connectivity index (χ1v) is 6.14. The third kappa shape index (κ3) is 2.95. The molecule has 1 atom stereocenters. The van der Waals surface area contributed by atoms with E-state index >= 15 is 0 Å². The molecule has 82 valence electrons. The van der Waals surface area contributed by atoms with Crippen molar-refractivity contribution in [3.05, 3.63) is 0 Å². The van der Waals surface area contributed by atoms with E-state index in [0.29, 0.717) is 5.92 Å². The second-order valence-corrected chi connectivity index (χ2v) is 4.93. The molecule has 1 heterocycles. The topological polar surface area (TPSA) is 40.5 Å².